The summed E-state index contributed by atoms with van der Waals surface area (Å²) in [6, 6.07) is 4.55. The lowest BCUT2D eigenvalue weighted by molar-refractivity contribution is -0.119. The van der Waals surface area contributed by atoms with Gasteiger partial charge < -0.3 is 15.0 Å². The van der Waals surface area contributed by atoms with Crippen molar-refractivity contribution in [3.8, 4) is 0 Å². The summed E-state index contributed by atoms with van der Waals surface area (Å²) in [5, 5.41) is 2.81. The third kappa shape index (κ3) is 4.69. The molecule has 2 rings (SSSR count). The summed E-state index contributed by atoms with van der Waals surface area (Å²) < 4.78 is 18.8. The molecule has 1 heterocycles. The molecule has 1 aromatic rings. The SMILES string of the molecule is CCc1cc(NC(=O)[C@H]2CCN(C(=O)OC(C)(C)C)C2)ccc1F. The molecule has 1 aliphatic rings. The largest absolute Gasteiger partial charge is 0.444 e. The molecule has 1 aliphatic heterocycles. The highest BCUT2D eigenvalue weighted by Crippen LogP contribution is 2.22. The Morgan fingerprint density at radius 2 is 2.08 bits per heavy atom. The molecule has 5 nitrogen and oxygen atoms in total. The van der Waals surface area contributed by atoms with Crippen LogP contribution in [0.25, 0.3) is 0 Å². The number of rotatable bonds is 3. The Labute approximate surface area is 142 Å². The lowest BCUT2D eigenvalue weighted by atomic mass is 10.1. The number of anilines is 1. The topological polar surface area (TPSA) is 58.6 Å². The standard InChI is InChI=1S/C18H25FN2O3/c1-5-12-10-14(6-7-15(12)19)20-16(22)13-8-9-21(11-13)17(23)24-18(2,3)4/h6-7,10,13H,5,8-9,11H2,1-4H3,(H,20,22)/t13-/m0/s1. The van der Waals surface area contributed by atoms with E-state index in [-0.39, 0.29) is 17.6 Å². The van der Waals surface area contributed by atoms with Crippen LogP contribution in [0.15, 0.2) is 18.2 Å². The molecular weight excluding hydrogens is 311 g/mol. The van der Waals surface area contributed by atoms with E-state index in [0.29, 0.717) is 37.2 Å². The number of amides is 2. The highest BCUT2D eigenvalue weighted by Gasteiger charge is 2.33. The van der Waals surface area contributed by atoms with Gasteiger partial charge in [0.25, 0.3) is 0 Å². The molecule has 0 radical (unpaired) electrons. The van der Waals surface area contributed by atoms with Crippen LogP contribution in [0, 0.1) is 11.7 Å². The summed E-state index contributed by atoms with van der Waals surface area (Å²) >= 11 is 0. The zero-order valence-corrected chi connectivity index (χ0v) is 14.7. The number of aryl methyl sites for hydroxylation is 1. The van der Waals surface area contributed by atoms with Crippen LogP contribution in [0.1, 0.15) is 39.7 Å². The van der Waals surface area contributed by atoms with Crippen LogP contribution in [-0.4, -0.2) is 35.6 Å². The first kappa shape index (κ1) is 18.2. The van der Waals surface area contributed by atoms with E-state index in [1.54, 1.807) is 17.0 Å². The molecule has 0 aromatic heterocycles. The van der Waals surface area contributed by atoms with E-state index in [1.807, 2.05) is 27.7 Å². The summed E-state index contributed by atoms with van der Waals surface area (Å²) in [5.74, 6) is -0.713. The minimum Gasteiger partial charge on any atom is -0.444 e. The van der Waals surface area contributed by atoms with Crippen molar-refractivity contribution in [1.82, 2.24) is 4.90 Å². The Bertz CT molecular complexity index is 625. The zero-order valence-electron chi connectivity index (χ0n) is 14.7. The van der Waals surface area contributed by atoms with Crippen molar-refractivity contribution in [3.05, 3.63) is 29.6 Å². The summed E-state index contributed by atoms with van der Waals surface area (Å²) in [4.78, 5) is 26.0. The summed E-state index contributed by atoms with van der Waals surface area (Å²) in [5.41, 5.74) is 0.589. The molecule has 0 saturated carbocycles. The van der Waals surface area contributed by atoms with E-state index < -0.39 is 11.7 Å². The van der Waals surface area contributed by atoms with Gasteiger partial charge in [-0.3, -0.25) is 4.79 Å². The fourth-order valence-corrected chi connectivity index (χ4v) is 2.63. The molecule has 6 heteroatoms. The first-order valence-electron chi connectivity index (χ1n) is 8.27. The lowest BCUT2D eigenvalue weighted by Crippen LogP contribution is -2.36. The fraction of sp³-hybridized carbons (Fsp3) is 0.556. The fourth-order valence-electron chi connectivity index (χ4n) is 2.63. The zero-order chi connectivity index (χ0) is 17.9. The molecule has 132 valence electrons. The molecule has 1 saturated heterocycles. The maximum atomic E-state index is 13.5. The smallest absolute Gasteiger partial charge is 0.410 e. The van der Waals surface area contributed by atoms with Gasteiger partial charge >= 0.3 is 6.09 Å². The van der Waals surface area contributed by atoms with Crippen LogP contribution in [0.4, 0.5) is 14.9 Å². The predicted octanol–water partition coefficient (Wildman–Crippen LogP) is 3.58. The van der Waals surface area contributed by atoms with Crippen LogP contribution in [-0.2, 0) is 16.0 Å². The average Bonchev–Trinajstić information content (AvgIpc) is 2.97. The summed E-state index contributed by atoms with van der Waals surface area (Å²) in [6.07, 6.45) is 0.756. The molecule has 2 amide bonds. The van der Waals surface area contributed by atoms with Crippen LogP contribution in [0.2, 0.25) is 0 Å². The van der Waals surface area contributed by atoms with E-state index in [9.17, 15) is 14.0 Å². The minimum atomic E-state index is -0.553. The summed E-state index contributed by atoms with van der Waals surface area (Å²) in [6.45, 7) is 8.12. The first-order valence-corrected chi connectivity index (χ1v) is 8.27. The number of hydrogen-bond donors (Lipinski definition) is 1. The van der Waals surface area contributed by atoms with E-state index in [0.717, 1.165) is 0 Å². The Morgan fingerprint density at radius 3 is 2.71 bits per heavy atom. The molecule has 1 fully saturated rings. The van der Waals surface area contributed by atoms with Gasteiger partial charge in [-0.25, -0.2) is 9.18 Å². The normalized spacial score (nSPS) is 17.7. The van der Waals surface area contributed by atoms with Crippen molar-refractivity contribution in [3.63, 3.8) is 0 Å². The number of hydrogen-bond acceptors (Lipinski definition) is 3. The average molecular weight is 336 g/mol. The number of ether oxygens (including phenoxy) is 1. The highest BCUT2D eigenvalue weighted by molar-refractivity contribution is 5.93. The third-order valence-corrected chi connectivity index (χ3v) is 3.90. The second kappa shape index (κ2) is 7.20. The van der Waals surface area contributed by atoms with Gasteiger partial charge in [-0.15, -0.1) is 0 Å². The van der Waals surface area contributed by atoms with Gasteiger partial charge in [0.2, 0.25) is 5.91 Å². The van der Waals surface area contributed by atoms with Crippen molar-refractivity contribution in [2.45, 2.75) is 46.1 Å². The molecule has 0 aliphatic carbocycles. The van der Waals surface area contributed by atoms with Crippen LogP contribution in [0.5, 0.6) is 0 Å². The molecule has 24 heavy (non-hydrogen) atoms. The number of benzene rings is 1. The van der Waals surface area contributed by atoms with E-state index >= 15 is 0 Å². The highest BCUT2D eigenvalue weighted by atomic mass is 19.1. The van der Waals surface area contributed by atoms with Gasteiger partial charge in [-0.05, 0) is 57.4 Å². The van der Waals surface area contributed by atoms with Gasteiger partial charge in [-0.2, -0.15) is 0 Å². The van der Waals surface area contributed by atoms with Crippen molar-refractivity contribution < 1.29 is 18.7 Å². The molecule has 1 aromatic carbocycles. The van der Waals surface area contributed by atoms with Crippen molar-refractivity contribution in [2.24, 2.45) is 5.92 Å². The van der Waals surface area contributed by atoms with Gasteiger partial charge in [-0.1, -0.05) is 6.92 Å². The Hall–Kier alpha value is -2.11. The Kier molecular flexibility index (Phi) is 5.47. The van der Waals surface area contributed by atoms with E-state index in [1.165, 1.54) is 6.07 Å². The molecule has 0 spiro atoms. The maximum Gasteiger partial charge on any atom is 0.410 e. The van der Waals surface area contributed by atoms with Crippen molar-refractivity contribution >= 4 is 17.7 Å². The molecule has 0 unspecified atom stereocenters. The van der Waals surface area contributed by atoms with E-state index in [2.05, 4.69) is 5.32 Å². The van der Waals surface area contributed by atoms with Gasteiger partial charge in [0.15, 0.2) is 0 Å². The van der Waals surface area contributed by atoms with Gasteiger partial charge in [0.05, 0.1) is 5.92 Å². The Morgan fingerprint density at radius 1 is 1.38 bits per heavy atom. The Balaban J connectivity index is 1.94. The summed E-state index contributed by atoms with van der Waals surface area (Å²) in [7, 11) is 0. The van der Waals surface area contributed by atoms with Gasteiger partial charge in [0.1, 0.15) is 11.4 Å². The first-order chi connectivity index (χ1) is 11.2. The monoisotopic (exact) mass is 336 g/mol. The molecule has 1 atom stereocenters. The minimum absolute atomic E-state index is 0.158. The van der Waals surface area contributed by atoms with Crippen LogP contribution >= 0.6 is 0 Å². The number of nitrogens with zero attached hydrogens (tertiary/aromatic N) is 1. The van der Waals surface area contributed by atoms with Crippen LogP contribution < -0.4 is 5.32 Å². The molecule has 1 N–H and O–H groups in total. The van der Waals surface area contributed by atoms with E-state index in [4.69, 9.17) is 4.74 Å². The predicted molar refractivity (Wildman–Crippen MR) is 90.3 cm³/mol. The third-order valence-electron chi connectivity index (χ3n) is 3.90. The number of nitrogens with one attached hydrogen (secondary N) is 1. The number of carbonyl (C=O) groups is 2. The van der Waals surface area contributed by atoms with Crippen LogP contribution in [0.3, 0.4) is 0 Å². The number of likely N-dealkylation sites (tertiary alicyclic amines) is 1. The second-order valence-electron chi connectivity index (χ2n) is 7.06. The maximum absolute atomic E-state index is 13.5. The quantitative estimate of drug-likeness (QED) is 0.918. The van der Waals surface area contributed by atoms with Crippen molar-refractivity contribution in [2.75, 3.05) is 18.4 Å². The number of carbonyl (C=O) groups excluding carboxylic acids is 2. The molecule has 0 bridgehead atoms. The molecular formula is C18H25FN2O3. The second-order valence-corrected chi connectivity index (χ2v) is 7.06. The lowest BCUT2D eigenvalue weighted by Gasteiger charge is -2.24. The number of halogens is 1. The van der Waals surface area contributed by atoms with Gasteiger partial charge in [0, 0.05) is 18.8 Å². The van der Waals surface area contributed by atoms with Crippen molar-refractivity contribution in [1.29, 1.82) is 0 Å².